The summed E-state index contributed by atoms with van der Waals surface area (Å²) in [5, 5.41) is 26.1. The Hall–Kier alpha value is -4.48. The van der Waals surface area contributed by atoms with Gasteiger partial charge in [-0.05, 0) is 123 Å². The minimum atomic E-state index is -0.967. The van der Waals surface area contributed by atoms with Crippen molar-refractivity contribution in [2.75, 3.05) is 13.1 Å². The predicted molar refractivity (Wildman–Crippen MR) is 157 cm³/mol. The number of likely N-dealkylation sites (tertiary alicyclic amines) is 1. The van der Waals surface area contributed by atoms with Gasteiger partial charge in [0.05, 0.1) is 6.54 Å². The largest absolute Gasteiger partial charge is 0.480 e. The van der Waals surface area contributed by atoms with Crippen LogP contribution >= 0.6 is 0 Å². The summed E-state index contributed by atoms with van der Waals surface area (Å²) in [6.45, 7) is 0.217. The molecule has 5 unspecified atom stereocenters. The number of nitrogens with zero attached hydrogens (tertiary/aromatic N) is 1. The first-order valence-electron chi connectivity index (χ1n) is 15.2. The molecule has 1 aliphatic heterocycles. The molecule has 5 aromatic carbocycles. The Bertz CT molecular complexity index is 2420. The van der Waals surface area contributed by atoms with Gasteiger partial charge in [-0.2, -0.15) is 0 Å². The van der Waals surface area contributed by atoms with E-state index in [4.69, 9.17) is 0 Å². The number of hydrogen-bond donors (Lipinski definition) is 2. The molecule has 42 heavy (non-hydrogen) atoms. The van der Waals surface area contributed by atoms with Crippen LogP contribution in [0.3, 0.4) is 0 Å². The lowest BCUT2D eigenvalue weighted by molar-refractivity contribution is -0.145. The third-order valence-electron chi connectivity index (χ3n) is 12.6. The second kappa shape index (κ2) is 5.75. The normalized spacial score (nSPS) is 26.9. The quantitative estimate of drug-likeness (QED) is 0.265. The molecule has 5 nitrogen and oxygen atoms in total. The Morgan fingerprint density at radius 2 is 1.21 bits per heavy atom. The third-order valence-corrected chi connectivity index (χ3v) is 12.6. The fourth-order valence-electron chi connectivity index (χ4n) is 11.9. The van der Waals surface area contributed by atoms with E-state index in [0.717, 1.165) is 18.4 Å². The number of aliphatic carboxylic acids is 2. The Labute approximate surface area is 239 Å². The van der Waals surface area contributed by atoms with E-state index in [1.54, 1.807) is 16.0 Å². The molecule has 5 heteroatoms. The standard InChI is InChI=1S/C37H21NO4/c39-20(40)10-38-9-19-17-7-15-5-13-3-11-1-2-12-4-14-6-16-8-18(27(19)36(38)37(41)42)29-28(17)32-25(15)23(13)30-21(11)22(12)31-24(14)26(16)33(29)35(32)34(30)31/h1-4,7-8,19,27,34-36H,5-6,9-10H2,(H,39,40)(H,41,42). The zero-order chi connectivity index (χ0) is 27.2. The van der Waals surface area contributed by atoms with Crippen LogP contribution in [-0.2, 0) is 22.4 Å². The van der Waals surface area contributed by atoms with E-state index in [0.29, 0.717) is 12.5 Å². The monoisotopic (exact) mass is 543 g/mol. The number of carbonyl (C=O) groups is 2. The van der Waals surface area contributed by atoms with Crippen molar-refractivity contribution in [2.24, 2.45) is 0 Å². The second-order valence-corrected chi connectivity index (χ2v) is 14.0. The van der Waals surface area contributed by atoms with Gasteiger partial charge in [-0.15, -0.1) is 0 Å². The van der Waals surface area contributed by atoms with E-state index in [9.17, 15) is 19.8 Å². The average Bonchev–Trinajstić information content (AvgIpc) is 3.74. The maximum Gasteiger partial charge on any atom is 0.321 e. The Balaban J connectivity index is 1.26. The highest BCUT2D eigenvalue weighted by Crippen LogP contribution is 2.75. The summed E-state index contributed by atoms with van der Waals surface area (Å²) in [7, 11) is 0. The van der Waals surface area contributed by atoms with Crippen molar-refractivity contribution in [3.8, 4) is 33.4 Å². The summed E-state index contributed by atoms with van der Waals surface area (Å²) in [5.74, 6) is -1.54. The number of carboxylic acid groups (broad SMARTS) is 2. The zero-order valence-electron chi connectivity index (χ0n) is 22.3. The summed E-state index contributed by atoms with van der Waals surface area (Å²) in [4.78, 5) is 26.6. The Morgan fingerprint density at radius 3 is 1.81 bits per heavy atom. The molecule has 0 amide bonds. The van der Waals surface area contributed by atoms with Crippen LogP contribution in [0.4, 0.5) is 0 Å². The number of rotatable bonds is 3. The molecule has 1 fully saturated rings. The average molecular weight is 544 g/mol. The van der Waals surface area contributed by atoms with Gasteiger partial charge < -0.3 is 10.2 Å². The summed E-state index contributed by atoms with van der Waals surface area (Å²) in [5.41, 5.74) is 22.7. The lowest BCUT2D eigenvalue weighted by Gasteiger charge is -2.37. The first-order chi connectivity index (χ1) is 20.5. The van der Waals surface area contributed by atoms with Gasteiger partial charge >= 0.3 is 11.9 Å². The highest BCUT2D eigenvalue weighted by molar-refractivity contribution is 6.22. The van der Waals surface area contributed by atoms with Gasteiger partial charge in [0.25, 0.3) is 0 Å². The van der Waals surface area contributed by atoms with E-state index < -0.39 is 18.0 Å². The molecule has 1 saturated heterocycles. The molecule has 2 N–H and O–H groups in total. The molecular weight excluding hydrogens is 522 g/mol. The van der Waals surface area contributed by atoms with Crippen molar-refractivity contribution in [1.82, 2.24) is 4.90 Å². The fourth-order valence-corrected chi connectivity index (χ4v) is 11.9. The van der Waals surface area contributed by atoms with E-state index in [1.807, 2.05) is 0 Å². The van der Waals surface area contributed by atoms with Crippen LogP contribution in [0.2, 0.25) is 0 Å². The van der Waals surface area contributed by atoms with Crippen LogP contribution in [0.5, 0.6) is 0 Å². The number of carboxylic acids is 2. The Kier molecular flexibility index (Phi) is 2.79. The van der Waals surface area contributed by atoms with Gasteiger partial charge in [-0.1, -0.05) is 36.4 Å². The molecule has 8 aliphatic rings. The van der Waals surface area contributed by atoms with Crippen molar-refractivity contribution < 1.29 is 19.8 Å². The van der Waals surface area contributed by atoms with Crippen molar-refractivity contribution in [1.29, 1.82) is 0 Å². The number of benzene rings is 5. The van der Waals surface area contributed by atoms with Crippen LogP contribution in [0.1, 0.15) is 79.3 Å². The summed E-state index contributed by atoms with van der Waals surface area (Å²) >= 11 is 0. The molecule has 5 atom stereocenters. The van der Waals surface area contributed by atoms with Crippen LogP contribution in [0.25, 0.3) is 54.9 Å². The van der Waals surface area contributed by atoms with Gasteiger partial charge in [0.1, 0.15) is 6.04 Å². The van der Waals surface area contributed by atoms with Crippen molar-refractivity contribution in [2.45, 2.75) is 42.6 Å². The molecule has 13 rings (SSSR count). The topological polar surface area (TPSA) is 77.8 Å². The van der Waals surface area contributed by atoms with E-state index in [1.165, 1.54) is 93.9 Å². The molecule has 7 aliphatic carbocycles. The lowest BCUT2D eigenvalue weighted by Crippen LogP contribution is -2.41. The van der Waals surface area contributed by atoms with Gasteiger partial charge in [0.2, 0.25) is 0 Å². The molecule has 0 aromatic heterocycles. The summed E-state index contributed by atoms with van der Waals surface area (Å²) in [6, 6.07) is 13.5. The Morgan fingerprint density at radius 1 is 0.690 bits per heavy atom. The minimum absolute atomic E-state index is 0.0280. The highest BCUT2D eigenvalue weighted by Gasteiger charge is 2.60. The molecule has 0 bridgehead atoms. The minimum Gasteiger partial charge on any atom is -0.480 e. The predicted octanol–water partition coefficient (Wildman–Crippen LogP) is 6.05. The van der Waals surface area contributed by atoms with Gasteiger partial charge in [0.15, 0.2) is 0 Å². The smallest absolute Gasteiger partial charge is 0.321 e. The van der Waals surface area contributed by atoms with E-state index in [2.05, 4.69) is 36.4 Å². The lowest BCUT2D eigenvalue weighted by atomic mass is 9.65. The maximum atomic E-state index is 13.0. The van der Waals surface area contributed by atoms with Crippen LogP contribution in [0.15, 0.2) is 36.4 Å². The third kappa shape index (κ3) is 1.73. The van der Waals surface area contributed by atoms with Crippen molar-refractivity contribution in [3.05, 3.63) is 92.0 Å². The molecule has 198 valence electrons. The number of hydrogen-bond acceptors (Lipinski definition) is 3. The van der Waals surface area contributed by atoms with Crippen LogP contribution in [-0.4, -0.2) is 46.2 Å². The highest BCUT2D eigenvalue weighted by atomic mass is 16.4. The number of fused-ring (bicyclic) bond motifs is 3. The summed E-state index contributed by atoms with van der Waals surface area (Å²) < 4.78 is 0. The molecule has 1 heterocycles. The molecule has 5 aromatic rings. The first kappa shape index (κ1) is 20.4. The van der Waals surface area contributed by atoms with Crippen molar-refractivity contribution in [3.63, 3.8) is 0 Å². The maximum absolute atomic E-state index is 13.0. The molecule has 0 saturated carbocycles. The molecular formula is C37H21NO4. The SMILES string of the molecule is O=C(O)CN1CC2c3cc4c5c6c3-c3c(cc7c8c3C6C3c6c-5c(cc5ccc9cc(c-8c3c9c65)C7)C4)C2C1C(=O)O. The van der Waals surface area contributed by atoms with E-state index >= 15 is 0 Å². The van der Waals surface area contributed by atoms with Gasteiger partial charge in [-0.3, -0.25) is 14.5 Å². The molecule has 0 radical (unpaired) electrons. The van der Waals surface area contributed by atoms with Crippen molar-refractivity contribution >= 4 is 33.5 Å². The molecule has 0 spiro atoms. The second-order valence-electron chi connectivity index (χ2n) is 14.0. The zero-order valence-corrected chi connectivity index (χ0v) is 22.3. The van der Waals surface area contributed by atoms with Crippen LogP contribution < -0.4 is 0 Å². The van der Waals surface area contributed by atoms with Crippen LogP contribution in [0, 0.1) is 0 Å². The summed E-state index contributed by atoms with van der Waals surface area (Å²) in [6.07, 6.45) is 1.80. The van der Waals surface area contributed by atoms with E-state index in [-0.39, 0.29) is 24.3 Å². The fraction of sp³-hybridized carbons (Fsp3) is 0.243. The van der Waals surface area contributed by atoms with Gasteiger partial charge in [0, 0.05) is 30.2 Å². The van der Waals surface area contributed by atoms with Gasteiger partial charge in [-0.25, -0.2) is 0 Å². The first-order valence-corrected chi connectivity index (χ1v) is 15.2.